The van der Waals surface area contributed by atoms with Crippen LogP contribution in [0.15, 0.2) is 18.2 Å². The maximum atomic E-state index is 12.7. The molecule has 0 aliphatic rings. The average Bonchev–Trinajstić information content (AvgIpc) is 2.45. The SMILES string of the molecule is CC[C@@H](C(=O)N[C@H](C)C(C)C)N(c1cc(Cl)ccc1C)S(C)(=O)=O. The van der Waals surface area contributed by atoms with Crippen LogP contribution >= 0.6 is 11.6 Å². The summed E-state index contributed by atoms with van der Waals surface area (Å²) in [6, 6.07) is 4.16. The number of nitrogens with zero attached hydrogens (tertiary/aromatic N) is 1. The number of carbonyl (C=O) groups excluding carboxylic acids is 1. The third kappa shape index (κ3) is 5.11. The number of hydrogen-bond donors (Lipinski definition) is 1. The molecule has 0 saturated carbocycles. The van der Waals surface area contributed by atoms with E-state index in [1.54, 1.807) is 32.0 Å². The van der Waals surface area contributed by atoms with Crippen molar-refractivity contribution in [3.05, 3.63) is 28.8 Å². The van der Waals surface area contributed by atoms with Gasteiger partial charge in [-0.2, -0.15) is 0 Å². The Morgan fingerprint density at radius 3 is 2.33 bits per heavy atom. The fourth-order valence-electron chi connectivity index (χ4n) is 2.34. The molecule has 0 fully saturated rings. The fourth-order valence-corrected chi connectivity index (χ4v) is 3.77. The maximum absolute atomic E-state index is 12.7. The quantitative estimate of drug-likeness (QED) is 0.795. The lowest BCUT2D eigenvalue weighted by atomic mass is 10.1. The van der Waals surface area contributed by atoms with E-state index in [9.17, 15) is 13.2 Å². The smallest absolute Gasteiger partial charge is 0.244 e. The van der Waals surface area contributed by atoms with Gasteiger partial charge in [-0.3, -0.25) is 9.10 Å². The van der Waals surface area contributed by atoms with Crippen molar-refractivity contribution in [1.29, 1.82) is 0 Å². The molecule has 1 N–H and O–H groups in total. The van der Waals surface area contributed by atoms with Crippen molar-refractivity contribution < 1.29 is 13.2 Å². The van der Waals surface area contributed by atoms with E-state index in [-0.39, 0.29) is 17.9 Å². The summed E-state index contributed by atoms with van der Waals surface area (Å²) < 4.78 is 26.0. The Labute approximate surface area is 150 Å². The minimum Gasteiger partial charge on any atom is -0.352 e. The van der Waals surface area contributed by atoms with Gasteiger partial charge in [-0.1, -0.05) is 38.4 Å². The molecule has 0 bridgehead atoms. The first kappa shape index (κ1) is 20.8. The van der Waals surface area contributed by atoms with E-state index in [0.717, 1.165) is 11.8 Å². The molecule has 24 heavy (non-hydrogen) atoms. The first-order valence-electron chi connectivity index (χ1n) is 8.05. The third-order valence-electron chi connectivity index (χ3n) is 4.11. The molecule has 7 heteroatoms. The maximum Gasteiger partial charge on any atom is 0.244 e. The number of hydrogen-bond acceptors (Lipinski definition) is 3. The molecule has 0 saturated heterocycles. The zero-order valence-electron chi connectivity index (χ0n) is 15.1. The molecule has 1 aromatic rings. The highest BCUT2D eigenvalue weighted by Crippen LogP contribution is 2.29. The Morgan fingerprint density at radius 1 is 1.29 bits per heavy atom. The lowest BCUT2D eigenvalue weighted by molar-refractivity contribution is -0.123. The molecule has 1 amide bonds. The molecule has 0 radical (unpaired) electrons. The summed E-state index contributed by atoms with van der Waals surface area (Å²) in [5, 5.41) is 3.33. The van der Waals surface area contributed by atoms with Crippen molar-refractivity contribution in [2.24, 2.45) is 5.92 Å². The Bertz CT molecular complexity index is 689. The Balaban J connectivity index is 3.33. The summed E-state index contributed by atoms with van der Waals surface area (Å²) in [5.74, 6) is -0.0467. The number of sulfonamides is 1. The summed E-state index contributed by atoms with van der Waals surface area (Å²) in [6.07, 6.45) is 1.46. The number of aryl methyl sites for hydroxylation is 1. The standard InChI is InChI=1S/C17H27ClN2O3S/c1-7-15(17(21)19-13(5)11(2)3)20(24(6,22)23)16-10-14(18)9-8-12(16)4/h8-11,13,15H,7H2,1-6H3,(H,19,21)/t13-,15+/m1/s1. The summed E-state index contributed by atoms with van der Waals surface area (Å²) in [6.45, 7) is 9.50. The Kier molecular flexibility index (Phi) is 7.10. The van der Waals surface area contributed by atoms with Crippen LogP contribution in [0.4, 0.5) is 5.69 Å². The second-order valence-electron chi connectivity index (χ2n) is 6.45. The molecule has 136 valence electrons. The highest BCUT2D eigenvalue weighted by molar-refractivity contribution is 7.92. The van der Waals surface area contributed by atoms with Gasteiger partial charge in [0.05, 0.1) is 11.9 Å². The number of carbonyl (C=O) groups is 1. The van der Waals surface area contributed by atoms with E-state index in [1.807, 2.05) is 20.8 Å². The number of amides is 1. The summed E-state index contributed by atoms with van der Waals surface area (Å²) in [7, 11) is -3.66. The van der Waals surface area contributed by atoms with Gasteiger partial charge in [0.1, 0.15) is 6.04 Å². The van der Waals surface area contributed by atoms with Gasteiger partial charge in [-0.15, -0.1) is 0 Å². The molecular formula is C17H27ClN2O3S. The zero-order valence-corrected chi connectivity index (χ0v) is 16.7. The molecule has 0 aromatic heterocycles. The summed E-state index contributed by atoms with van der Waals surface area (Å²) >= 11 is 6.04. The predicted octanol–water partition coefficient (Wildman–Crippen LogP) is 3.35. The minimum atomic E-state index is -3.66. The van der Waals surface area contributed by atoms with Crippen molar-refractivity contribution in [1.82, 2.24) is 5.32 Å². The normalized spacial score (nSPS) is 14.3. The van der Waals surface area contributed by atoms with Gasteiger partial charge in [-0.05, 0) is 43.9 Å². The number of halogens is 1. The largest absolute Gasteiger partial charge is 0.352 e. The Hall–Kier alpha value is -1.27. The predicted molar refractivity (Wildman–Crippen MR) is 100 cm³/mol. The highest BCUT2D eigenvalue weighted by Gasteiger charge is 2.33. The number of nitrogens with one attached hydrogen (secondary N) is 1. The fraction of sp³-hybridized carbons (Fsp3) is 0.588. The minimum absolute atomic E-state index is 0.0478. The van der Waals surface area contributed by atoms with Crippen molar-refractivity contribution in [2.75, 3.05) is 10.6 Å². The average molecular weight is 375 g/mol. The molecule has 1 rings (SSSR count). The van der Waals surface area contributed by atoms with Gasteiger partial charge in [-0.25, -0.2) is 8.42 Å². The van der Waals surface area contributed by atoms with E-state index >= 15 is 0 Å². The summed E-state index contributed by atoms with van der Waals surface area (Å²) in [5.41, 5.74) is 1.18. The molecule has 0 heterocycles. The van der Waals surface area contributed by atoms with E-state index in [1.165, 1.54) is 4.31 Å². The Morgan fingerprint density at radius 2 is 1.88 bits per heavy atom. The molecule has 5 nitrogen and oxygen atoms in total. The van der Waals surface area contributed by atoms with E-state index in [0.29, 0.717) is 17.1 Å². The van der Waals surface area contributed by atoms with Crippen LogP contribution in [-0.2, 0) is 14.8 Å². The lowest BCUT2D eigenvalue weighted by Crippen LogP contribution is -2.52. The van der Waals surface area contributed by atoms with Gasteiger partial charge in [0, 0.05) is 11.1 Å². The zero-order chi connectivity index (χ0) is 18.7. The van der Waals surface area contributed by atoms with Crippen molar-refractivity contribution >= 4 is 33.2 Å². The van der Waals surface area contributed by atoms with Crippen molar-refractivity contribution in [3.8, 4) is 0 Å². The van der Waals surface area contributed by atoms with Gasteiger partial charge in [0.2, 0.25) is 15.9 Å². The molecule has 1 aromatic carbocycles. The van der Waals surface area contributed by atoms with Crippen LogP contribution in [0.3, 0.4) is 0 Å². The first-order chi connectivity index (χ1) is 11.0. The highest BCUT2D eigenvalue weighted by atomic mass is 35.5. The molecular weight excluding hydrogens is 348 g/mol. The van der Waals surface area contributed by atoms with Crippen LogP contribution in [0.5, 0.6) is 0 Å². The topological polar surface area (TPSA) is 66.5 Å². The van der Waals surface area contributed by atoms with E-state index < -0.39 is 16.1 Å². The summed E-state index contributed by atoms with van der Waals surface area (Å²) in [4.78, 5) is 12.7. The van der Waals surface area contributed by atoms with Crippen LogP contribution in [0.1, 0.15) is 39.7 Å². The first-order valence-corrected chi connectivity index (χ1v) is 10.3. The van der Waals surface area contributed by atoms with E-state index in [2.05, 4.69) is 5.32 Å². The van der Waals surface area contributed by atoms with Crippen molar-refractivity contribution in [2.45, 2.75) is 53.1 Å². The van der Waals surface area contributed by atoms with Gasteiger partial charge < -0.3 is 5.32 Å². The monoisotopic (exact) mass is 374 g/mol. The molecule has 0 unspecified atom stereocenters. The molecule has 0 spiro atoms. The van der Waals surface area contributed by atoms with Crippen LogP contribution in [0.25, 0.3) is 0 Å². The number of rotatable bonds is 7. The van der Waals surface area contributed by atoms with Gasteiger partial charge in [0.25, 0.3) is 0 Å². The van der Waals surface area contributed by atoms with Crippen LogP contribution in [0.2, 0.25) is 5.02 Å². The third-order valence-corrected chi connectivity index (χ3v) is 5.51. The molecule has 0 aliphatic heterocycles. The van der Waals surface area contributed by atoms with E-state index in [4.69, 9.17) is 11.6 Å². The van der Waals surface area contributed by atoms with Crippen molar-refractivity contribution in [3.63, 3.8) is 0 Å². The molecule has 0 aliphatic carbocycles. The number of benzene rings is 1. The van der Waals surface area contributed by atoms with Crippen LogP contribution in [-0.4, -0.2) is 32.7 Å². The lowest BCUT2D eigenvalue weighted by Gasteiger charge is -2.32. The van der Waals surface area contributed by atoms with Gasteiger partial charge in [0.15, 0.2) is 0 Å². The second-order valence-corrected chi connectivity index (χ2v) is 8.75. The number of anilines is 1. The second kappa shape index (κ2) is 8.21. The van der Waals surface area contributed by atoms with Gasteiger partial charge >= 0.3 is 0 Å². The molecule has 2 atom stereocenters. The van der Waals surface area contributed by atoms with Crippen LogP contribution in [0, 0.1) is 12.8 Å². The van der Waals surface area contributed by atoms with Crippen LogP contribution < -0.4 is 9.62 Å².